The average molecular weight is 241 g/mol. The van der Waals surface area contributed by atoms with Gasteiger partial charge in [-0.3, -0.25) is 0 Å². The normalized spacial score (nSPS) is 13.7. The third kappa shape index (κ3) is 5.28. The molecule has 1 atom stereocenters. The number of hydrogen-bond acceptors (Lipinski definition) is 3. The van der Waals surface area contributed by atoms with Crippen molar-refractivity contribution in [2.24, 2.45) is 0 Å². The van der Waals surface area contributed by atoms with Gasteiger partial charge in [0.2, 0.25) is 0 Å². The van der Waals surface area contributed by atoms with Crippen molar-refractivity contribution in [3.05, 3.63) is 35.4 Å². The van der Waals surface area contributed by atoms with E-state index in [4.69, 9.17) is 0 Å². The van der Waals surface area contributed by atoms with E-state index in [1.54, 1.807) is 0 Å². The van der Waals surface area contributed by atoms with Crippen LogP contribution in [0.5, 0.6) is 0 Å². The first-order valence-corrected chi connectivity index (χ1v) is 7.39. The Morgan fingerprint density at radius 2 is 2.06 bits per heavy atom. The Kier molecular flexibility index (Phi) is 4.50. The third-order valence-corrected chi connectivity index (χ3v) is 3.40. The monoisotopic (exact) mass is 241 g/mol. The summed E-state index contributed by atoms with van der Waals surface area (Å²) in [7, 11) is -2.90. The summed E-state index contributed by atoms with van der Waals surface area (Å²) < 4.78 is 22.1. The van der Waals surface area contributed by atoms with Crippen LogP contribution in [0, 0.1) is 6.92 Å². The lowest BCUT2D eigenvalue weighted by atomic mass is 10.1. The maximum Gasteiger partial charge on any atom is 0.148 e. The van der Waals surface area contributed by atoms with Crippen molar-refractivity contribution >= 4 is 9.84 Å². The molecular weight excluding hydrogens is 222 g/mol. The Labute approximate surface area is 97.8 Å². The van der Waals surface area contributed by atoms with Crippen LogP contribution >= 0.6 is 0 Å². The first-order valence-electron chi connectivity index (χ1n) is 5.33. The standard InChI is InChI=1S/C12H19NO2S/c1-10-5-4-6-12(7-10)8-13-11(2)9-16(3,14)15/h4-7,11,13H,8-9H2,1-3H3. The van der Waals surface area contributed by atoms with E-state index in [0.29, 0.717) is 6.54 Å². The van der Waals surface area contributed by atoms with Crippen LogP contribution in [0.3, 0.4) is 0 Å². The van der Waals surface area contributed by atoms with Gasteiger partial charge in [0.05, 0.1) is 5.75 Å². The summed E-state index contributed by atoms with van der Waals surface area (Å²) in [5.41, 5.74) is 2.40. The maximum atomic E-state index is 11.1. The van der Waals surface area contributed by atoms with E-state index >= 15 is 0 Å². The van der Waals surface area contributed by atoms with Gasteiger partial charge >= 0.3 is 0 Å². The zero-order valence-electron chi connectivity index (χ0n) is 10.0. The van der Waals surface area contributed by atoms with Gasteiger partial charge in [-0.1, -0.05) is 29.8 Å². The summed E-state index contributed by atoms with van der Waals surface area (Å²) in [6, 6.07) is 8.17. The molecule has 0 amide bonds. The van der Waals surface area contributed by atoms with E-state index in [0.717, 1.165) is 0 Å². The highest BCUT2D eigenvalue weighted by Crippen LogP contribution is 2.04. The third-order valence-electron chi connectivity index (χ3n) is 2.29. The zero-order chi connectivity index (χ0) is 12.2. The molecule has 90 valence electrons. The van der Waals surface area contributed by atoms with E-state index in [9.17, 15) is 8.42 Å². The van der Waals surface area contributed by atoms with Gasteiger partial charge < -0.3 is 5.32 Å². The predicted molar refractivity (Wildman–Crippen MR) is 67.2 cm³/mol. The second-order valence-electron chi connectivity index (χ2n) is 4.36. The van der Waals surface area contributed by atoms with Gasteiger partial charge in [-0.15, -0.1) is 0 Å². The fourth-order valence-corrected chi connectivity index (χ4v) is 2.65. The van der Waals surface area contributed by atoms with Crippen molar-refractivity contribution in [2.75, 3.05) is 12.0 Å². The lowest BCUT2D eigenvalue weighted by Gasteiger charge is -2.12. The van der Waals surface area contributed by atoms with E-state index in [2.05, 4.69) is 11.4 Å². The molecule has 0 saturated heterocycles. The molecule has 0 saturated carbocycles. The second kappa shape index (κ2) is 5.46. The Balaban J connectivity index is 2.46. The quantitative estimate of drug-likeness (QED) is 0.850. The first-order chi connectivity index (χ1) is 7.37. The minimum atomic E-state index is -2.90. The molecule has 4 heteroatoms. The van der Waals surface area contributed by atoms with Gasteiger partial charge in [0.1, 0.15) is 9.84 Å². The molecule has 1 aromatic carbocycles. The van der Waals surface area contributed by atoms with E-state index in [-0.39, 0.29) is 11.8 Å². The highest BCUT2D eigenvalue weighted by Gasteiger charge is 2.09. The molecule has 0 fully saturated rings. The summed E-state index contributed by atoms with van der Waals surface area (Å²) in [6.07, 6.45) is 1.26. The van der Waals surface area contributed by atoms with E-state index in [1.165, 1.54) is 17.4 Å². The number of aryl methyl sites for hydroxylation is 1. The molecule has 1 aromatic rings. The first kappa shape index (κ1) is 13.2. The summed E-state index contributed by atoms with van der Waals surface area (Å²) >= 11 is 0. The largest absolute Gasteiger partial charge is 0.309 e. The number of benzene rings is 1. The fraction of sp³-hybridized carbons (Fsp3) is 0.500. The number of hydrogen-bond donors (Lipinski definition) is 1. The van der Waals surface area contributed by atoms with Crippen molar-refractivity contribution in [3.8, 4) is 0 Å². The number of rotatable bonds is 5. The van der Waals surface area contributed by atoms with Crippen molar-refractivity contribution in [1.82, 2.24) is 5.32 Å². The molecule has 0 spiro atoms. The van der Waals surface area contributed by atoms with Crippen LogP contribution in [0.25, 0.3) is 0 Å². The predicted octanol–water partition coefficient (Wildman–Crippen LogP) is 1.52. The molecule has 0 heterocycles. The second-order valence-corrected chi connectivity index (χ2v) is 6.55. The number of nitrogens with one attached hydrogen (secondary N) is 1. The highest BCUT2D eigenvalue weighted by molar-refractivity contribution is 7.90. The molecule has 0 radical (unpaired) electrons. The molecule has 3 nitrogen and oxygen atoms in total. The van der Waals surface area contributed by atoms with Gasteiger partial charge in [-0.2, -0.15) is 0 Å². The smallest absolute Gasteiger partial charge is 0.148 e. The van der Waals surface area contributed by atoms with Gasteiger partial charge in [-0.05, 0) is 19.4 Å². The lowest BCUT2D eigenvalue weighted by molar-refractivity contribution is 0.560. The molecule has 0 aromatic heterocycles. The van der Waals surface area contributed by atoms with Crippen molar-refractivity contribution in [3.63, 3.8) is 0 Å². The van der Waals surface area contributed by atoms with Gasteiger partial charge in [-0.25, -0.2) is 8.42 Å². The van der Waals surface area contributed by atoms with Crippen molar-refractivity contribution in [1.29, 1.82) is 0 Å². The van der Waals surface area contributed by atoms with E-state index < -0.39 is 9.84 Å². The van der Waals surface area contributed by atoms with Crippen LogP contribution in [0.15, 0.2) is 24.3 Å². The molecule has 1 rings (SSSR count). The molecule has 0 aliphatic heterocycles. The SMILES string of the molecule is Cc1cccc(CNC(C)CS(C)(=O)=O)c1. The molecule has 1 unspecified atom stereocenters. The zero-order valence-corrected chi connectivity index (χ0v) is 10.8. The Morgan fingerprint density at radius 1 is 1.38 bits per heavy atom. The number of sulfone groups is 1. The van der Waals surface area contributed by atoms with Gasteiger partial charge in [0.15, 0.2) is 0 Å². The average Bonchev–Trinajstić information content (AvgIpc) is 2.12. The lowest BCUT2D eigenvalue weighted by Crippen LogP contribution is -2.32. The summed E-state index contributed by atoms with van der Waals surface area (Å²) in [5, 5.41) is 3.20. The Hall–Kier alpha value is -0.870. The van der Waals surface area contributed by atoms with Crippen LogP contribution in [-0.2, 0) is 16.4 Å². The summed E-state index contributed by atoms with van der Waals surface area (Å²) in [6.45, 7) is 4.64. The molecular formula is C12H19NO2S. The van der Waals surface area contributed by atoms with Gasteiger partial charge in [0, 0.05) is 18.8 Å². The Morgan fingerprint density at radius 3 is 2.62 bits per heavy atom. The maximum absolute atomic E-state index is 11.1. The van der Waals surface area contributed by atoms with Crippen molar-refractivity contribution in [2.45, 2.75) is 26.4 Å². The molecule has 1 N–H and O–H groups in total. The highest BCUT2D eigenvalue weighted by atomic mass is 32.2. The molecule has 0 aliphatic rings. The minimum absolute atomic E-state index is 0.0180. The van der Waals surface area contributed by atoms with Crippen LogP contribution in [0.2, 0.25) is 0 Å². The van der Waals surface area contributed by atoms with Crippen LogP contribution < -0.4 is 5.32 Å². The Bertz CT molecular complexity index is 440. The van der Waals surface area contributed by atoms with E-state index in [1.807, 2.05) is 32.0 Å². The van der Waals surface area contributed by atoms with Crippen LogP contribution in [0.1, 0.15) is 18.1 Å². The molecule has 16 heavy (non-hydrogen) atoms. The van der Waals surface area contributed by atoms with Gasteiger partial charge in [0.25, 0.3) is 0 Å². The molecule has 0 bridgehead atoms. The summed E-state index contributed by atoms with van der Waals surface area (Å²) in [4.78, 5) is 0. The minimum Gasteiger partial charge on any atom is -0.309 e. The topological polar surface area (TPSA) is 46.2 Å². The van der Waals surface area contributed by atoms with Crippen LogP contribution in [-0.4, -0.2) is 26.5 Å². The fourth-order valence-electron chi connectivity index (χ4n) is 1.63. The summed E-state index contributed by atoms with van der Waals surface area (Å²) in [5.74, 6) is 0.179. The van der Waals surface area contributed by atoms with Crippen molar-refractivity contribution < 1.29 is 8.42 Å². The molecule has 0 aliphatic carbocycles. The van der Waals surface area contributed by atoms with Crippen LogP contribution in [0.4, 0.5) is 0 Å².